The standard InChI is InChI=1S/C14H15ClN2O2S/c15-11-6-9(12-7-14(16)19-17-12)3-4-13(11)18-10-2-1-5-20-8-10/h3-4,6-7,10H,1-2,5,8,16H2. The van der Waals surface area contributed by atoms with Crippen LogP contribution in [0, 0.1) is 0 Å². The molecule has 1 aromatic heterocycles. The summed E-state index contributed by atoms with van der Waals surface area (Å²) in [7, 11) is 0. The van der Waals surface area contributed by atoms with Crippen molar-refractivity contribution >= 4 is 29.2 Å². The third-order valence-electron chi connectivity index (χ3n) is 3.17. The number of aromatic nitrogens is 1. The van der Waals surface area contributed by atoms with Crippen LogP contribution < -0.4 is 10.5 Å². The molecular weight excluding hydrogens is 296 g/mol. The zero-order chi connectivity index (χ0) is 13.9. The molecule has 2 aromatic rings. The Kier molecular flexibility index (Phi) is 4.08. The number of hydrogen-bond donors (Lipinski definition) is 1. The summed E-state index contributed by atoms with van der Waals surface area (Å²) in [6.45, 7) is 0. The molecule has 6 heteroatoms. The molecule has 2 N–H and O–H groups in total. The molecule has 3 rings (SSSR count). The first kappa shape index (κ1) is 13.6. The first-order chi connectivity index (χ1) is 9.72. The minimum Gasteiger partial charge on any atom is -0.488 e. The number of nitrogens with zero attached hydrogens (tertiary/aromatic N) is 1. The van der Waals surface area contributed by atoms with Gasteiger partial charge in [0.15, 0.2) is 0 Å². The van der Waals surface area contributed by atoms with E-state index in [4.69, 9.17) is 26.6 Å². The first-order valence-corrected chi connectivity index (χ1v) is 8.02. The van der Waals surface area contributed by atoms with E-state index in [2.05, 4.69) is 5.16 Å². The second-order valence-corrected chi connectivity index (χ2v) is 6.27. The molecule has 0 bridgehead atoms. The predicted molar refractivity (Wildman–Crippen MR) is 82.3 cm³/mol. The van der Waals surface area contributed by atoms with Gasteiger partial charge < -0.3 is 15.0 Å². The van der Waals surface area contributed by atoms with Crippen LogP contribution in [0.25, 0.3) is 11.3 Å². The topological polar surface area (TPSA) is 61.3 Å². The van der Waals surface area contributed by atoms with E-state index in [9.17, 15) is 0 Å². The van der Waals surface area contributed by atoms with Crippen molar-refractivity contribution in [3.05, 3.63) is 29.3 Å². The lowest BCUT2D eigenvalue weighted by Crippen LogP contribution is -2.23. The highest BCUT2D eigenvalue weighted by atomic mass is 35.5. The number of nitrogen functional groups attached to an aromatic ring is 1. The van der Waals surface area contributed by atoms with Gasteiger partial charge in [0.05, 0.1) is 5.02 Å². The lowest BCUT2D eigenvalue weighted by atomic mass is 10.1. The summed E-state index contributed by atoms with van der Waals surface area (Å²) in [6, 6.07) is 7.28. The number of thioether (sulfide) groups is 1. The van der Waals surface area contributed by atoms with Crippen LogP contribution >= 0.6 is 23.4 Å². The third kappa shape index (κ3) is 3.04. The fourth-order valence-corrected chi connectivity index (χ4v) is 3.42. The highest BCUT2D eigenvalue weighted by Gasteiger charge is 2.17. The maximum atomic E-state index is 6.28. The SMILES string of the molecule is Nc1cc(-c2ccc(OC3CCCSC3)c(Cl)c2)no1. The van der Waals surface area contributed by atoms with Gasteiger partial charge in [-0.05, 0) is 36.8 Å². The van der Waals surface area contributed by atoms with Crippen molar-refractivity contribution in [2.45, 2.75) is 18.9 Å². The second-order valence-electron chi connectivity index (χ2n) is 4.72. The van der Waals surface area contributed by atoms with Crippen molar-refractivity contribution < 1.29 is 9.26 Å². The molecule has 106 valence electrons. The van der Waals surface area contributed by atoms with Crippen LogP contribution in [0.2, 0.25) is 5.02 Å². The number of ether oxygens (including phenoxy) is 1. The lowest BCUT2D eigenvalue weighted by molar-refractivity contribution is 0.211. The van der Waals surface area contributed by atoms with E-state index in [-0.39, 0.29) is 12.0 Å². The molecule has 0 radical (unpaired) electrons. The van der Waals surface area contributed by atoms with Crippen LogP contribution in [0.5, 0.6) is 5.75 Å². The fraction of sp³-hybridized carbons (Fsp3) is 0.357. The Hall–Kier alpha value is -1.33. The van der Waals surface area contributed by atoms with Crippen LogP contribution in [0.3, 0.4) is 0 Å². The van der Waals surface area contributed by atoms with Crippen LogP contribution in [-0.4, -0.2) is 22.8 Å². The lowest BCUT2D eigenvalue weighted by Gasteiger charge is -2.23. The van der Waals surface area contributed by atoms with Gasteiger partial charge in [-0.2, -0.15) is 11.8 Å². The van der Waals surface area contributed by atoms with Gasteiger partial charge in [0.2, 0.25) is 5.88 Å². The van der Waals surface area contributed by atoms with Gasteiger partial charge in [0.1, 0.15) is 17.5 Å². The van der Waals surface area contributed by atoms with E-state index >= 15 is 0 Å². The third-order valence-corrected chi connectivity index (χ3v) is 4.65. The number of anilines is 1. The van der Waals surface area contributed by atoms with Crippen LogP contribution in [0.4, 0.5) is 5.88 Å². The van der Waals surface area contributed by atoms with Crippen molar-refractivity contribution in [1.29, 1.82) is 0 Å². The average molecular weight is 311 g/mol. The second kappa shape index (κ2) is 5.97. The van der Waals surface area contributed by atoms with Gasteiger partial charge in [-0.3, -0.25) is 0 Å². The summed E-state index contributed by atoms with van der Waals surface area (Å²) in [6.07, 6.45) is 2.54. The molecule has 1 unspecified atom stereocenters. The largest absolute Gasteiger partial charge is 0.488 e. The Morgan fingerprint density at radius 2 is 2.30 bits per heavy atom. The number of benzene rings is 1. The van der Waals surface area contributed by atoms with Crippen molar-refractivity contribution in [3.63, 3.8) is 0 Å². The Morgan fingerprint density at radius 1 is 1.40 bits per heavy atom. The fourth-order valence-electron chi connectivity index (χ4n) is 2.16. The van der Waals surface area contributed by atoms with Gasteiger partial charge in [0, 0.05) is 17.4 Å². The molecule has 1 atom stereocenters. The van der Waals surface area contributed by atoms with Crippen molar-refractivity contribution in [1.82, 2.24) is 5.16 Å². The summed E-state index contributed by atoms with van der Waals surface area (Å²) < 4.78 is 10.8. The van der Waals surface area contributed by atoms with E-state index in [1.807, 2.05) is 30.0 Å². The molecule has 1 aromatic carbocycles. The molecule has 2 heterocycles. The molecule has 0 amide bonds. The summed E-state index contributed by atoms with van der Waals surface area (Å²) in [4.78, 5) is 0. The van der Waals surface area contributed by atoms with Crippen molar-refractivity contribution in [3.8, 4) is 17.0 Å². The van der Waals surface area contributed by atoms with Gasteiger partial charge in [0.25, 0.3) is 0 Å². The molecular formula is C14H15ClN2O2S. The Bertz CT molecular complexity index is 597. The number of nitrogens with two attached hydrogens (primary N) is 1. The average Bonchev–Trinajstić information content (AvgIpc) is 2.89. The minimum atomic E-state index is 0.250. The van der Waals surface area contributed by atoms with Gasteiger partial charge >= 0.3 is 0 Å². The summed E-state index contributed by atoms with van der Waals surface area (Å²) in [5.74, 6) is 3.26. The maximum absolute atomic E-state index is 6.28. The Labute approximate surface area is 126 Å². The number of hydrogen-bond acceptors (Lipinski definition) is 5. The molecule has 20 heavy (non-hydrogen) atoms. The van der Waals surface area contributed by atoms with Gasteiger partial charge in [-0.25, -0.2) is 0 Å². The summed E-state index contributed by atoms with van der Waals surface area (Å²) in [5, 5.41) is 4.45. The smallest absolute Gasteiger partial charge is 0.222 e. The Balaban J connectivity index is 1.76. The van der Waals surface area contributed by atoms with Crippen LogP contribution in [0.1, 0.15) is 12.8 Å². The van der Waals surface area contributed by atoms with Gasteiger partial charge in [-0.15, -0.1) is 0 Å². The molecule has 1 aliphatic heterocycles. The highest BCUT2D eigenvalue weighted by Crippen LogP contribution is 2.32. The molecule has 1 aliphatic rings. The van der Waals surface area contributed by atoms with E-state index in [0.29, 0.717) is 10.7 Å². The zero-order valence-electron chi connectivity index (χ0n) is 10.8. The summed E-state index contributed by atoms with van der Waals surface area (Å²) >= 11 is 8.21. The van der Waals surface area contributed by atoms with Crippen molar-refractivity contribution in [2.75, 3.05) is 17.2 Å². The maximum Gasteiger partial charge on any atom is 0.222 e. The normalized spacial score (nSPS) is 18.9. The molecule has 0 aliphatic carbocycles. The van der Waals surface area contributed by atoms with E-state index in [1.54, 1.807) is 6.07 Å². The minimum absolute atomic E-state index is 0.250. The molecule has 0 saturated carbocycles. The summed E-state index contributed by atoms with van der Waals surface area (Å²) in [5.41, 5.74) is 7.05. The monoisotopic (exact) mass is 310 g/mol. The molecule has 1 fully saturated rings. The Morgan fingerprint density at radius 3 is 2.95 bits per heavy atom. The zero-order valence-corrected chi connectivity index (χ0v) is 12.4. The van der Waals surface area contributed by atoms with E-state index < -0.39 is 0 Å². The number of halogens is 1. The predicted octanol–water partition coefficient (Wildman–Crippen LogP) is 3.85. The van der Waals surface area contributed by atoms with Crippen LogP contribution in [0.15, 0.2) is 28.8 Å². The van der Waals surface area contributed by atoms with Gasteiger partial charge in [-0.1, -0.05) is 16.8 Å². The molecule has 0 spiro atoms. The van der Waals surface area contributed by atoms with E-state index in [0.717, 1.165) is 23.5 Å². The highest BCUT2D eigenvalue weighted by molar-refractivity contribution is 7.99. The number of rotatable bonds is 3. The molecule has 1 saturated heterocycles. The molecule has 4 nitrogen and oxygen atoms in total. The van der Waals surface area contributed by atoms with E-state index in [1.165, 1.54) is 12.2 Å². The quantitative estimate of drug-likeness (QED) is 0.933. The first-order valence-electron chi connectivity index (χ1n) is 6.49. The van der Waals surface area contributed by atoms with Crippen LogP contribution in [-0.2, 0) is 0 Å². The van der Waals surface area contributed by atoms with Crippen molar-refractivity contribution in [2.24, 2.45) is 0 Å².